The minimum atomic E-state index is -3.18. The smallest absolute Gasteiger partial charge is 0.365 e. The van der Waals surface area contributed by atoms with Gasteiger partial charge in [-0.1, -0.05) is 18.2 Å². The van der Waals surface area contributed by atoms with Crippen LogP contribution in [-0.4, -0.2) is 97.1 Å². The topological polar surface area (TPSA) is 202 Å². The van der Waals surface area contributed by atoms with Crippen LogP contribution >= 0.6 is 0 Å². The SMILES string of the molecule is CO[C@]1(O)C(c2cc3ccccc3[nH]2)C(O)(C(=O)O)O[C@@H]([C@H](O)[C@H](O)CO)[C@@H]1NC(C)=O. The summed E-state index contributed by atoms with van der Waals surface area (Å²) in [6, 6.07) is 6.65. The van der Waals surface area contributed by atoms with Gasteiger partial charge in [-0.2, -0.15) is 0 Å². The first-order valence-corrected chi connectivity index (χ1v) is 9.72. The predicted molar refractivity (Wildman–Crippen MR) is 107 cm³/mol. The van der Waals surface area contributed by atoms with E-state index in [9.17, 15) is 40.2 Å². The molecular formula is C20H26N2O10. The molecule has 7 atom stereocenters. The lowest BCUT2D eigenvalue weighted by Gasteiger charge is -2.54. The van der Waals surface area contributed by atoms with E-state index in [1.165, 1.54) is 6.07 Å². The number of amides is 1. The Morgan fingerprint density at radius 3 is 2.47 bits per heavy atom. The molecular weight excluding hydrogens is 428 g/mol. The standard InChI is InChI=1S/C20H26N2O10/c1-9(24)21-17-15(14(26)13(25)8-23)32-20(30,18(27)28)16(19(17,29)31-2)12-7-10-5-3-4-6-11(10)22-12/h3-7,13-17,22-23,25-26,29-30H,8H2,1-2H3,(H,21,24)(H,27,28)/t13-,14-,15+,16?,17+,19-,20?/m1/s1. The number of ether oxygens (including phenoxy) is 2. The van der Waals surface area contributed by atoms with Gasteiger partial charge in [0.2, 0.25) is 11.7 Å². The molecule has 1 amide bonds. The fourth-order valence-electron chi connectivity index (χ4n) is 4.14. The van der Waals surface area contributed by atoms with E-state index >= 15 is 0 Å². The first-order chi connectivity index (χ1) is 15.0. The van der Waals surface area contributed by atoms with Crippen LogP contribution in [0.25, 0.3) is 10.9 Å². The fourth-order valence-corrected chi connectivity index (χ4v) is 4.14. The van der Waals surface area contributed by atoms with Crippen LogP contribution in [0.2, 0.25) is 0 Å². The number of aliphatic hydroxyl groups is 5. The molecule has 12 heteroatoms. The zero-order valence-electron chi connectivity index (χ0n) is 17.3. The zero-order chi connectivity index (χ0) is 23.8. The number of aromatic amines is 1. The summed E-state index contributed by atoms with van der Waals surface area (Å²) in [6.07, 6.45) is -5.76. The van der Waals surface area contributed by atoms with E-state index in [0.717, 1.165) is 14.0 Å². The number of fused-ring (bicyclic) bond motifs is 1. The molecule has 12 nitrogen and oxygen atoms in total. The largest absolute Gasteiger partial charge is 0.477 e. The number of hydrogen-bond acceptors (Lipinski definition) is 9. The summed E-state index contributed by atoms with van der Waals surface area (Å²) >= 11 is 0. The van der Waals surface area contributed by atoms with Gasteiger partial charge in [0.15, 0.2) is 0 Å². The summed E-state index contributed by atoms with van der Waals surface area (Å²) in [6.45, 7) is 0.147. The minimum absolute atomic E-state index is 0.00597. The van der Waals surface area contributed by atoms with Crippen LogP contribution in [0.5, 0.6) is 0 Å². The van der Waals surface area contributed by atoms with Crippen LogP contribution in [-0.2, 0) is 19.1 Å². The predicted octanol–water partition coefficient (Wildman–Crippen LogP) is -2.02. The Morgan fingerprint density at radius 1 is 1.28 bits per heavy atom. The number of nitrogens with one attached hydrogen (secondary N) is 2. The molecule has 1 aromatic heterocycles. The molecule has 1 aliphatic rings. The lowest BCUT2D eigenvalue weighted by molar-refractivity contribution is -0.370. The average molecular weight is 454 g/mol. The number of hydrogen-bond donors (Lipinski definition) is 8. The molecule has 0 spiro atoms. The van der Waals surface area contributed by atoms with E-state index in [2.05, 4.69) is 10.3 Å². The first kappa shape index (κ1) is 24.1. The number of carboxylic acids is 1. The molecule has 1 aliphatic heterocycles. The van der Waals surface area contributed by atoms with E-state index in [-0.39, 0.29) is 5.69 Å². The van der Waals surface area contributed by atoms with Gasteiger partial charge >= 0.3 is 5.97 Å². The molecule has 32 heavy (non-hydrogen) atoms. The van der Waals surface area contributed by atoms with Crippen molar-refractivity contribution in [2.45, 2.75) is 48.8 Å². The lowest BCUT2D eigenvalue weighted by Crippen LogP contribution is -2.76. The van der Waals surface area contributed by atoms with Crippen LogP contribution in [0.15, 0.2) is 30.3 Å². The Labute approximate surface area is 182 Å². The quantitative estimate of drug-likeness (QED) is 0.216. The van der Waals surface area contributed by atoms with E-state index in [4.69, 9.17) is 9.47 Å². The van der Waals surface area contributed by atoms with Gasteiger partial charge < -0.3 is 50.4 Å². The third-order valence-electron chi connectivity index (χ3n) is 5.67. The number of aromatic nitrogens is 1. The van der Waals surface area contributed by atoms with Gasteiger partial charge in [-0.3, -0.25) is 4.79 Å². The Hall–Kier alpha value is -2.58. The second kappa shape index (κ2) is 8.75. The molecule has 176 valence electrons. The van der Waals surface area contributed by atoms with Gasteiger partial charge in [0.1, 0.15) is 30.3 Å². The second-order valence-corrected chi connectivity index (χ2v) is 7.70. The lowest BCUT2D eigenvalue weighted by atomic mass is 9.75. The van der Waals surface area contributed by atoms with Crippen molar-refractivity contribution in [1.82, 2.24) is 10.3 Å². The molecule has 1 aromatic carbocycles. The molecule has 0 saturated carbocycles. The number of aliphatic carboxylic acids is 1. The van der Waals surface area contributed by atoms with E-state index < -0.39 is 60.3 Å². The summed E-state index contributed by atoms with van der Waals surface area (Å²) in [7, 11) is 1.02. The summed E-state index contributed by atoms with van der Waals surface area (Å²) in [5.41, 5.74) is 0.564. The highest BCUT2D eigenvalue weighted by atomic mass is 16.7. The van der Waals surface area contributed by atoms with Gasteiger partial charge in [-0.25, -0.2) is 4.79 Å². The van der Waals surface area contributed by atoms with Crippen molar-refractivity contribution in [2.75, 3.05) is 13.7 Å². The molecule has 0 aliphatic carbocycles. The van der Waals surface area contributed by atoms with Crippen molar-refractivity contribution >= 4 is 22.8 Å². The van der Waals surface area contributed by atoms with Crippen molar-refractivity contribution in [2.24, 2.45) is 0 Å². The van der Waals surface area contributed by atoms with Gasteiger partial charge in [-0.05, 0) is 17.5 Å². The third-order valence-corrected chi connectivity index (χ3v) is 5.67. The Kier molecular flexibility index (Phi) is 6.58. The zero-order valence-corrected chi connectivity index (χ0v) is 17.3. The molecule has 0 bridgehead atoms. The third kappa shape index (κ3) is 3.86. The molecule has 0 radical (unpaired) electrons. The van der Waals surface area contributed by atoms with Gasteiger partial charge in [0, 0.05) is 25.2 Å². The molecule has 2 heterocycles. The number of carboxylic acid groups (broad SMARTS) is 1. The van der Waals surface area contributed by atoms with Crippen LogP contribution in [0.4, 0.5) is 0 Å². The number of carbonyl (C=O) groups is 2. The maximum Gasteiger partial charge on any atom is 0.365 e. The van der Waals surface area contributed by atoms with E-state index in [1.54, 1.807) is 24.3 Å². The maximum absolute atomic E-state index is 12.2. The number of carbonyl (C=O) groups excluding carboxylic acids is 1. The molecule has 8 N–H and O–H groups in total. The molecule has 2 unspecified atom stereocenters. The summed E-state index contributed by atoms with van der Waals surface area (Å²) in [5, 5.41) is 65.1. The van der Waals surface area contributed by atoms with Crippen molar-refractivity contribution in [3.8, 4) is 0 Å². The highest BCUT2D eigenvalue weighted by Crippen LogP contribution is 2.48. The highest BCUT2D eigenvalue weighted by Gasteiger charge is 2.68. The molecule has 2 aromatic rings. The fraction of sp³-hybridized carbons (Fsp3) is 0.500. The number of H-pyrrole nitrogens is 1. The van der Waals surface area contributed by atoms with Crippen LogP contribution < -0.4 is 5.32 Å². The van der Waals surface area contributed by atoms with E-state index in [0.29, 0.717) is 10.9 Å². The molecule has 1 fully saturated rings. The Bertz CT molecular complexity index is 963. The first-order valence-electron chi connectivity index (χ1n) is 9.72. The van der Waals surface area contributed by atoms with Gasteiger partial charge in [0.25, 0.3) is 5.79 Å². The Balaban J connectivity index is 2.24. The maximum atomic E-state index is 12.2. The second-order valence-electron chi connectivity index (χ2n) is 7.70. The van der Waals surface area contributed by atoms with Crippen molar-refractivity contribution in [1.29, 1.82) is 0 Å². The highest BCUT2D eigenvalue weighted by molar-refractivity contribution is 5.82. The van der Waals surface area contributed by atoms with Gasteiger partial charge in [-0.15, -0.1) is 0 Å². The van der Waals surface area contributed by atoms with Crippen LogP contribution in [0, 0.1) is 0 Å². The summed E-state index contributed by atoms with van der Waals surface area (Å²) in [4.78, 5) is 27.0. The number of benzene rings is 1. The monoisotopic (exact) mass is 454 g/mol. The normalized spacial score (nSPS) is 32.4. The van der Waals surface area contributed by atoms with Crippen molar-refractivity contribution in [3.63, 3.8) is 0 Å². The molecule has 1 saturated heterocycles. The number of aliphatic hydroxyl groups excluding tert-OH is 3. The van der Waals surface area contributed by atoms with Crippen LogP contribution in [0.1, 0.15) is 18.5 Å². The summed E-state index contributed by atoms with van der Waals surface area (Å²) in [5.74, 6) is -10.3. The number of methoxy groups -OCH3 is 1. The number of para-hydroxylation sites is 1. The van der Waals surface area contributed by atoms with Gasteiger partial charge in [0.05, 0.1) is 6.61 Å². The Morgan fingerprint density at radius 2 is 1.94 bits per heavy atom. The minimum Gasteiger partial charge on any atom is -0.477 e. The van der Waals surface area contributed by atoms with Crippen LogP contribution in [0.3, 0.4) is 0 Å². The summed E-state index contributed by atoms with van der Waals surface area (Å²) < 4.78 is 10.6. The van der Waals surface area contributed by atoms with Crippen molar-refractivity contribution < 1.29 is 49.7 Å². The number of rotatable bonds is 7. The van der Waals surface area contributed by atoms with E-state index in [1.807, 2.05) is 0 Å². The average Bonchev–Trinajstić information content (AvgIpc) is 3.17. The molecule has 3 rings (SSSR count). The van der Waals surface area contributed by atoms with Crippen molar-refractivity contribution in [3.05, 3.63) is 36.0 Å².